The summed E-state index contributed by atoms with van der Waals surface area (Å²) in [7, 11) is -5.57. The first-order valence-electron chi connectivity index (χ1n) is 2.28. The average Bonchev–Trinajstić information content (AvgIpc) is 1.63. The first-order valence-corrected chi connectivity index (χ1v) is 4.85. The molecule has 60 valence electrons. The van der Waals surface area contributed by atoms with Crippen molar-refractivity contribution in [2.24, 2.45) is 0 Å². The Kier molecular flexibility index (Phi) is 8.76. The van der Waals surface area contributed by atoms with E-state index in [1.807, 2.05) is 0 Å². The molecule has 0 aliphatic carbocycles. The predicted molar refractivity (Wildman–Crippen MR) is 31.2 cm³/mol. The van der Waals surface area contributed by atoms with E-state index in [0.717, 1.165) is 0 Å². The van der Waals surface area contributed by atoms with Crippen LogP contribution in [-0.4, -0.2) is 39.3 Å². The van der Waals surface area contributed by atoms with Crippen molar-refractivity contribution in [1.29, 1.82) is 0 Å². The number of hydrogen-bond acceptors (Lipinski definition) is 6. The molecular formula is C2H8O6Si2. The molecule has 0 aromatic rings. The fraction of sp³-hybridized carbons (Fsp3) is 1.00. The smallest absolute Gasteiger partial charge is 0.368 e. The van der Waals surface area contributed by atoms with Gasteiger partial charge >= 0.3 is 18.3 Å². The van der Waals surface area contributed by atoms with E-state index in [0.29, 0.717) is 0 Å². The molecule has 0 bridgehead atoms. The Hall–Kier alpha value is -0.126. The van der Waals surface area contributed by atoms with Crippen LogP contribution in [0.5, 0.6) is 0 Å². The van der Waals surface area contributed by atoms with Crippen LogP contribution >= 0.6 is 0 Å². The second-order valence-electron chi connectivity index (χ2n) is 1.09. The van der Waals surface area contributed by atoms with Gasteiger partial charge in [0.15, 0.2) is 0 Å². The normalized spacial score (nSPS) is 9.20. The Morgan fingerprint density at radius 1 is 1.40 bits per heavy atom. The Labute approximate surface area is 60.5 Å². The molecule has 0 amide bonds. The van der Waals surface area contributed by atoms with E-state index in [9.17, 15) is 0 Å². The highest BCUT2D eigenvalue weighted by Crippen LogP contribution is 1.85. The topological polar surface area (TPSA) is 104 Å². The van der Waals surface area contributed by atoms with Gasteiger partial charge in [0.05, 0.1) is 0 Å². The minimum absolute atomic E-state index is 0.121. The van der Waals surface area contributed by atoms with E-state index >= 15 is 0 Å². The summed E-state index contributed by atoms with van der Waals surface area (Å²) < 4.78 is 20.8. The number of rotatable bonds is 2. The quantitative estimate of drug-likeness (QED) is 0.421. The van der Waals surface area contributed by atoms with Gasteiger partial charge in [-0.1, -0.05) is 0 Å². The van der Waals surface area contributed by atoms with Gasteiger partial charge in [0.1, 0.15) is 0 Å². The molecule has 0 aliphatic heterocycles. The average molecular weight is 184 g/mol. The van der Waals surface area contributed by atoms with Gasteiger partial charge in [-0.05, 0) is 6.92 Å². The maximum absolute atomic E-state index is 8.40. The lowest BCUT2D eigenvalue weighted by atomic mass is 10.9. The molecule has 0 saturated carbocycles. The molecule has 0 atom stereocenters. The van der Waals surface area contributed by atoms with Crippen molar-refractivity contribution in [1.82, 2.24) is 0 Å². The molecule has 0 spiro atoms. The van der Waals surface area contributed by atoms with Crippen molar-refractivity contribution in [3.8, 4) is 0 Å². The van der Waals surface area contributed by atoms with Crippen LogP contribution in [0, 0.1) is 0 Å². The van der Waals surface area contributed by atoms with Crippen LogP contribution in [0.2, 0.25) is 0 Å². The molecule has 0 rings (SSSR count). The van der Waals surface area contributed by atoms with E-state index in [2.05, 4.69) is 4.43 Å². The molecule has 0 aromatic carbocycles. The van der Waals surface area contributed by atoms with Crippen LogP contribution in [0.15, 0.2) is 0 Å². The first kappa shape index (κ1) is 12.5. The molecule has 0 saturated heterocycles. The van der Waals surface area contributed by atoms with E-state index in [1.165, 1.54) is 0 Å². The van der Waals surface area contributed by atoms with Gasteiger partial charge in [0.25, 0.3) is 0 Å². The zero-order valence-corrected chi connectivity index (χ0v) is 7.27. The summed E-state index contributed by atoms with van der Waals surface area (Å²) in [6.45, 7) is 1.68. The summed E-state index contributed by atoms with van der Waals surface area (Å²) >= 11 is 0. The maximum Gasteiger partial charge on any atom is 0.671 e. The van der Waals surface area contributed by atoms with Gasteiger partial charge in [-0.3, -0.25) is 8.92 Å². The summed E-state index contributed by atoms with van der Waals surface area (Å²) in [5, 5.41) is 0. The minimum atomic E-state index is -4.16. The summed E-state index contributed by atoms with van der Waals surface area (Å²) in [5.74, 6) is 0. The van der Waals surface area contributed by atoms with E-state index in [1.54, 1.807) is 6.92 Å². The van der Waals surface area contributed by atoms with Crippen molar-refractivity contribution < 1.29 is 27.7 Å². The largest absolute Gasteiger partial charge is 0.671 e. The third-order valence-electron chi connectivity index (χ3n) is 0.338. The molecule has 0 unspecified atom stereocenters. The zero-order valence-electron chi connectivity index (χ0n) is 5.27. The third-order valence-corrected chi connectivity index (χ3v) is 1.01. The van der Waals surface area contributed by atoms with Crippen molar-refractivity contribution in [2.75, 3.05) is 6.61 Å². The van der Waals surface area contributed by atoms with Crippen LogP contribution in [0.3, 0.4) is 0 Å². The molecule has 0 radical (unpaired) electrons. The highest BCUT2D eigenvalue weighted by atomic mass is 28.4. The first-order chi connectivity index (χ1) is 4.47. The van der Waals surface area contributed by atoms with Crippen LogP contribution in [0.1, 0.15) is 6.92 Å². The lowest BCUT2D eigenvalue weighted by molar-refractivity contribution is 0.0687. The molecule has 0 heterocycles. The zero-order chi connectivity index (χ0) is 8.62. The lowest BCUT2D eigenvalue weighted by Crippen LogP contribution is -2.38. The summed E-state index contributed by atoms with van der Waals surface area (Å²) in [6, 6.07) is 0. The summed E-state index contributed by atoms with van der Waals surface area (Å²) in [5.41, 5.74) is 0. The lowest BCUT2D eigenvalue weighted by Gasteiger charge is -2.05. The van der Waals surface area contributed by atoms with E-state index < -0.39 is 18.3 Å². The fourth-order valence-electron chi connectivity index (χ4n) is 0.194. The van der Waals surface area contributed by atoms with Crippen molar-refractivity contribution in [3.63, 3.8) is 0 Å². The molecule has 10 heavy (non-hydrogen) atoms. The standard InChI is InChI=1S/C2H8O4Si.O2Si/c1-2-6-7(3,4)5;1-3-2/h3-5H,2H2,1H3;. The molecule has 6 nitrogen and oxygen atoms in total. The Balaban J connectivity index is 0. The van der Waals surface area contributed by atoms with Crippen LogP contribution < -0.4 is 0 Å². The summed E-state index contributed by atoms with van der Waals surface area (Å²) in [4.78, 5) is 24.1. The van der Waals surface area contributed by atoms with Gasteiger partial charge in [-0.15, -0.1) is 0 Å². The van der Waals surface area contributed by atoms with Crippen LogP contribution in [0.25, 0.3) is 0 Å². The Morgan fingerprint density at radius 3 is 1.70 bits per heavy atom. The highest BCUT2D eigenvalue weighted by Gasteiger charge is 2.28. The Bertz CT molecular complexity index is 101. The second-order valence-corrected chi connectivity index (χ2v) is 2.69. The monoisotopic (exact) mass is 184 g/mol. The molecule has 0 aromatic heterocycles. The predicted octanol–water partition coefficient (Wildman–Crippen LogP) is -2.18. The van der Waals surface area contributed by atoms with Crippen LogP contribution in [0.4, 0.5) is 0 Å². The SMILES string of the molecule is CCO[Si](O)(O)O.O=[Si]=O. The maximum atomic E-state index is 8.40. The Morgan fingerprint density at radius 2 is 1.70 bits per heavy atom. The van der Waals surface area contributed by atoms with Gasteiger partial charge < -0.3 is 18.8 Å². The fourth-order valence-corrected chi connectivity index (χ4v) is 0.581. The number of hydrogen-bond donors (Lipinski definition) is 3. The van der Waals surface area contributed by atoms with E-state index in [4.69, 9.17) is 23.3 Å². The second kappa shape index (κ2) is 6.99. The summed E-state index contributed by atoms with van der Waals surface area (Å²) in [6.07, 6.45) is 0. The van der Waals surface area contributed by atoms with Crippen molar-refractivity contribution in [3.05, 3.63) is 0 Å². The van der Waals surface area contributed by atoms with Crippen molar-refractivity contribution in [2.45, 2.75) is 6.92 Å². The minimum Gasteiger partial charge on any atom is -0.368 e. The third kappa shape index (κ3) is 24.8. The molecule has 0 fully saturated rings. The van der Waals surface area contributed by atoms with Crippen molar-refractivity contribution >= 4 is 18.3 Å². The van der Waals surface area contributed by atoms with Gasteiger partial charge in [0, 0.05) is 6.61 Å². The van der Waals surface area contributed by atoms with Gasteiger partial charge in [-0.25, -0.2) is 0 Å². The molecule has 3 N–H and O–H groups in total. The molecule has 8 heteroatoms. The highest BCUT2D eigenvalue weighted by molar-refractivity contribution is 6.48. The van der Waals surface area contributed by atoms with Crippen LogP contribution in [-0.2, 0) is 13.3 Å². The van der Waals surface area contributed by atoms with Gasteiger partial charge in [-0.2, -0.15) is 0 Å². The van der Waals surface area contributed by atoms with Gasteiger partial charge in [0.2, 0.25) is 0 Å². The molecular weight excluding hydrogens is 176 g/mol. The van der Waals surface area contributed by atoms with E-state index in [-0.39, 0.29) is 6.61 Å². The molecule has 0 aliphatic rings.